The highest BCUT2D eigenvalue weighted by molar-refractivity contribution is 7.09. The lowest BCUT2D eigenvalue weighted by molar-refractivity contribution is -0.149. The molecule has 0 aliphatic rings. The third kappa shape index (κ3) is 3.82. The Labute approximate surface area is 145 Å². The van der Waals surface area contributed by atoms with Gasteiger partial charge in [0.25, 0.3) is 5.91 Å². The second-order valence-corrected chi connectivity index (χ2v) is 6.87. The minimum absolute atomic E-state index is 0.119. The fourth-order valence-corrected chi connectivity index (χ4v) is 3.17. The van der Waals surface area contributed by atoms with Crippen LogP contribution in [0.2, 0.25) is 0 Å². The van der Waals surface area contributed by atoms with Crippen LogP contribution in [0, 0.1) is 12.3 Å². The van der Waals surface area contributed by atoms with Crippen LogP contribution < -0.4 is 5.32 Å². The molecule has 0 saturated heterocycles. The quantitative estimate of drug-likeness (QED) is 0.800. The molecule has 2 aromatic rings. The highest BCUT2D eigenvalue weighted by atomic mass is 32.1. The molecule has 1 aromatic heterocycles. The van der Waals surface area contributed by atoms with Gasteiger partial charge in [-0.05, 0) is 31.9 Å². The van der Waals surface area contributed by atoms with Crippen LogP contribution in [0.3, 0.4) is 0 Å². The predicted octanol–water partition coefficient (Wildman–Crippen LogP) is 3.74. The molecular weight excluding hydrogens is 324 g/mol. The van der Waals surface area contributed by atoms with Gasteiger partial charge in [-0.15, -0.1) is 11.3 Å². The molecule has 0 saturated carbocycles. The number of rotatable bonds is 7. The third-order valence-electron chi connectivity index (χ3n) is 4.43. The average molecular weight is 346 g/mol. The number of hydrogen-bond donors (Lipinski definition) is 2. The van der Waals surface area contributed by atoms with E-state index in [0.29, 0.717) is 18.4 Å². The summed E-state index contributed by atoms with van der Waals surface area (Å²) in [5, 5.41) is 15.1. The van der Waals surface area contributed by atoms with E-state index in [4.69, 9.17) is 0 Å². The van der Waals surface area contributed by atoms with E-state index < -0.39 is 11.4 Å². The second-order valence-electron chi connectivity index (χ2n) is 5.81. The van der Waals surface area contributed by atoms with E-state index in [-0.39, 0.29) is 12.5 Å². The molecule has 0 spiro atoms. The minimum atomic E-state index is -0.917. The van der Waals surface area contributed by atoms with Gasteiger partial charge >= 0.3 is 5.97 Å². The van der Waals surface area contributed by atoms with Gasteiger partial charge in [-0.1, -0.05) is 26.0 Å². The number of nitrogens with zero attached hydrogens (tertiary/aromatic N) is 1. The molecular formula is C18H22N2O3S. The topological polar surface area (TPSA) is 79.3 Å². The molecule has 0 aliphatic heterocycles. The summed E-state index contributed by atoms with van der Waals surface area (Å²) in [6.07, 6.45) is 0.939. The van der Waals surface area contributed by atoms with E-state index in [9.17, 15) is 14.7 Å². The molecule has 1 heterocycles. The van der Waals surface area contributed by atoms with E-state index in [1.807, 2.05) is 38.3 Å². The lowest BCUT2D eigenvalue weighted by Crippen LogP contribution is -2.42. The summed E-state index contributed by atoms with van der Waals surface area (Å²) in [4.78, 5) is 28.4. The van der Waals surface area contributed by atoms with Crippen LogP contribution in [0.25, 0.3) is 11.3 Å². The first-order valence-electron chi connectivity index (χ1n) is 7.96. The maximum Gasteiger partial charge on any atom is 0.311 e. The molecule has 0 atom stereocenters. The van der Waals surface area contributed by atoms with Gasteiger partial charge in [-0.3, -0.25) is 9.59 Å². The van der Waals surface area contributed by atoms with Crippen molar-refractivity contribution in [1.82, 2.24) is 10.3 Å². The summed E-state index contributed by atoms with van der Waals surface area (Å²) >= 11 is 1.56. The van der Waals surface area contributed by atoms with Crippen LogP contribution in [-0.4, -0.2) is 28.5 Å². The number of hydrogen-bond acceptors (Lipinski definition) is 4. The number of carbonyl (C=O) groups excluding carboxylic acids is 1. The largest absolute Gasteiger partial charge is 0.481 e. The van der Waals surface area contributed by atoms with Crippen molar-refractivity contribution in [2.45, 2.75) is 33.6 Å². The molecule has 128 valence electrons. The zero-order valence-corrected chi connectivity index (χ0v) is 14.9. The number of benzene rings is 1. The van der Waals surface area contributed by atoms with Crippen LogP contribution in [0.15, 0.2) is 29.6 Å². The van der Waals surface area contributed by atoms with Crippen molar-refractivity contribution in [3.05, 3.63) is 40.2 Å². The summed E-state index contributed by atoms with van der Waals surface area (Å²) in [6, 6.07) is 7.22. The Balaban J connectivity index is 2.14. The zero-order chi connectivity index (χ0) is 17.7. The summed E-state index contributed by atoms with van der Waals surface area (Å²) < 4.78 is 0. The maximum atomic E-state index is 12.4. The predicted molar refractivity (Wildman–Crippen MR) is 95.3 cm³/mol. The molecule has 24 heavy (non-hydrogen) atoms. The standard InChI is InChI=1S/C18H22N2O3S/c1-4-18(5-2,17(22)23)11-19-16(21)14-8-6-7-13(9-14)15-10-24-12(3)20-15/h6-10H,4-5,11H2,1-3H3,(H,19,21)(H,22,23). The molecule has 1 aromatic carbocycles. The summed E-state index contributed by atoms with van der Waals surface area (Å²) in [7, 11) is 0. The third-order valence-corrected chi connectivity index (χ3v) is 5.21. The van der Waals surface area contributed by atoms with E-state index >= 15 is 0 Å². The van der Waals surface area contributed by atoms with Gasteiger partial charge in [0.1, 0.15) is 0 Å². The molecule has 0 unspecified atom stereocenters. The summed E-state index contributed by atoms with van der Waals surface area (Å²) in [5.74, 6) is -1.14. The SMILES string of the molecule is CCC(CC)(CNC(=O)c1cccc(-c2csc(C)n2)c1)C(=O)O. The van der Waals surface area contributed by atoms with Gasteiger partial charge in [-0.25, -0.2) is 4.98 Å². The van der Waals surface area contributed by atoms with Crippen LogP contribution in [0.5, 0.6) is 0 Å². The van der Waals surface area contributed by atoms with Crippen molar-refractivity contribution in [1.29, 1.82) is 0 Å². The van der Waals surface area contributed by atoms with Crippen LogP contribution in [0.1, 0.15) is 42.1 Å². The number of carbonyl (C=O) groups is 2. The van der Waals surface area contributed by atoms with Gasteiger partial charge in [0.05, 0.1) is 16.1 Å². The summed E-state index contributed by atoms with van der Waals surface area (Å²) in [6.45, 7) is 5.71. The van der Waals surface area contributed by atoms with Gasteiger partial charge < -0.3 is 10.4 Å². The van der Waals surface area contributed by atoms with E-state index in [1.54, 1.807) is 23.5 Å². The maximum absolute atomic E-state index is 12.4. The van der Waals surface area contributed by atoms with Gasteiger partial charge in [0.2, 0.25) is 0 Å². The zero-order valence-electron chi connectivity index (χ0n) is 14.1. The first-order valence-corrected chi connectivity index (χ1v) is 8.84. The Morgan fingerprint density at radius 3 is 2.54 bits per heavy atom. The average Bonchev–Trinajstić information content (AvgIpc) is 3.02. The molecule has 6 heteroatoms. The molecule has 0 radical (unpaired) electrons. The number of nitrogens with one attached hydrogen (secondary N) is 1. The van der Waals surface area contributed by atoms with Crippen molar-refractivity contribution in [2.24, 2.45) is 5.41 Å². The fraction of sp³-hybridized carbons (Fsp3) is 0.389. The van der Waals surface area contributed by atoms with Crippen LogP contribution in [-0.2, 0) is 4.79 Å². The van der Waals surface area contributed by atoms with Gasteiger partial charge in [0.15, 0.2) is 0 Å². The molecule has 5 nitrogen and oxygen atoms in total. The first kappa shape index (κ1) is 18.1. The number of carboxylic acids is 1. The highest BCUT2D eigenvalue weighted by Crippen LogP contribution is 2.26. The molecule has 0 aliphatic carbocycles. The Morgan fingerprint density at radius 2 is 2.00 bits per heavy atom. The molecule has 2 rings (SSSR count). The first-order chi connectivity index (χ1) is 11.4. The van der Waals surface area contributed by atoms with E-state index in [1.165, 1.54) is 0 Å². The Bertz CT molecular complexity index is 735. The number of aryl methyl sites for hydroxylation is 1. The Kier molecular flexibility index (Phi) is 5.72. The van der Waals surface area contributed by atoms with E-state index in [2.05, 4.69) is 10.3 Å². The molecule has 0 bridgehead atoms. The van der Waals surface area contributed by atoms with Crippen molar-refractivity contribution in [2.75, 3.05) is 6.54 Å². The van der Waals surface area contributed by atoms with Crippen LogP contribution >= 0.6 is 11.3 Å². The van der Waals surface area contributed by atoms with Crippen LogP contribution in [0.4, 0.5) is 0 Å². The lowest BCUT2D eigenvalue weighted by Gasteiger charge is -2.26. The number of carboxylic acid groups (broad SMARTS) is 1. The van der Waals surface area contributed by atoms with Crippen molar-refractivity contribution >= 4 is 23.2 Å². The number of aromatic nitrogens is 1. The summed E-state index contributed by atoms with van der Waals surface area (Å²) in [5.41, 5.74) is 1.31. The van der Waals surface area contributed by atoms with Crippen molar-refractivity contribution < 1.29 is 14.7 Å². The fourth-order valence-electron chi connectivity index (χ4n) is 2.55. The van der Waals surface area contributed by atoms with Gasteiger partial charge in [-0.2, -0.15) is 0 Å². The molecule has 1 amide bonds. The number of thiazole rings is 1. The highest BCUT2D eigenvalue weighted by Gasteiger charge is 2.35. The monoisotopic (exact) mass is 346 g/mol. The van der Waals surface area contributed by atoms with E-state index in [0.717, 1.165) is 16.3 Å². The van der Waals surface area contributed by atoms with Gasteiger partial charge in [0, 0.05) is 23.1 Å². The Hall–Kier alpha value is -2.21. The Morgan fingerprint density at radius 1 is 1.29 bits per heavy atom. The second kappa shape index (κ2) is 7.57. The molecule has 2 N–H and O–H groups in total. The van der Waals surface area contributed by atoms with Crippen molar-refractivity contribution in [3.63, 3.8) is 0 Å². The lowest BCUT2D eigenvalue weighted by atomic mass is 9.82. The number of amides is 1. The molecule has 0 fully saturated rings. The smallest absolute Gasteiger partial charge is 0.311 e. The minimum Gasteiger partial charge on any atom is -0.481 e. The number of aliphatic carboxylic acids is 1. The normalized spacial score (nSPS) is 11.3. The van der Waals surface area contributed by atoms with Crippen molar-refractivity contribution in [3.8, 4) is 11.3 Å².